The van der Waals surface area contributed by atoms with Gasteiger partial charge in [-0.05, 0) is 55.5 Å². The molecule has 4 heteroatoms. The lowest BCUT2D eigenvalue weighted by Gasteiger charge is -2.39. The van der Waals surface area contributed by atoms with Gasteiger partial charge in [0.25, 0.3) is 0 Å². The van der Waals surface area contributed by atoms with E-state index in [0.29, 0.717) is 0 Å². The summed E-state index contributed by atoms with van der Waals surface area (Å²) < 4.78 is 0. The molecule has 0 aromatic heterocycles. The van der Waals surface area contributed by atoms with Crippen molar-refractivity contribution >= 4 is 5.91 Å². The fourth-order valence-corrected chi connectivity index (χ4v) is 4.19. The van der Waals surface area contributed by atoms with Gasteiger partial charge in [0.05, 0.1) is 12.0 Å². The molecule has 1 aliphatic heterocycles. The van der Waals surface area contributed by atoms with Gasteiger partial charge in [0, 0.05) is 12.6 Å². The van der Waals surface area contributed by atoms with Crippen LogP contribution < -0.4 is 5.32 Å². The molecule has 142 valence electrons. The maximum atomic E-state index is 12.4. The van der Waals surface area contributed by atoms with E-state index >= 15 is 0 Å². The monoisotopic (exact) mass is 363 g/mol. The van der Waals surface area contributed by atoms with Crippen molar-refractivity contribution in [2.45, 2.75) is 51.0 Å². The van der Waals surface area contributed by atoms with Gasteiger partial charge < -0.3 is 10.2 Å². The predicted molar refractivity (Wildman–Crippen MR) is 108 cm³/mol. The Morgan fingerprint density at radius 3 is 2.74 bits per heavy atom. The molecule has 0 saturated heterocycles. The zero-order valence-corrected chi connectivity index (χ0v) is 15.9. The van der Waals surface area contributed by atoms with Gasteiger partial charge in [0.15, 0.2) is 0 Å². The molecule has 1 fully saturated rings. The second-order valence-corrected chi connectivity index (χ2v) is 7.46. The molecule has 1 aliphatic carbocycles. The summed E-state index contributed by atoms with van der Waals surface area (Å²) in [6.45, 7) is 0.979. The number of nitrogens with zero attached hydrogens (tertiary/aromatic N) is 2. The summed E-state index contributed by atoms with van der Waals surface area (Å²) in [5.74, 6) is 0.0251. The molecular weight excluding hydrogens is 334 g/mol. The fraction of sp³-hybridized carbons (Fsp3) is 0.478. The zero-order chi connectivity index (χ0) is 18.9. The number of nitrogens with one attached hydrogen (secondary N) is 1. The molecule has 0 radical (unpaired) electrons. The largest absolute Gasteiger partial charge is 0.370 e. The van der Waals surface area contributed by atoms with Crippen LogP contribution in [0.15, 0.2) is 54.3 Å². The van der Waals surface area contributed by atoms with Gasteiger partial charge in [0.2, 0.25) is 5.91 Å². The van der Waals surface area contributed by atoms with Crippen molar-refractivity contribution in [2.24, 2.45) is 5.92 Å². The number of amides is 1. The molecule has 1 amide bonds. The van der Waals surface area contributed by atoms with Crippen molar-refractivity contribution in [1.82, 2.24) is 10.2 Å². The molecule has 3 rings (SSSR count). The summed E-state index contributed by atoms with van der Waals surface area (Å²) >= 11 is 0. The highest BCUT2D eigenvalue weighted by molar-refractivity contribution is 5.79. The summed E-state index contributed by atoms with van der Waals surface area (Å²) in [7, 11) is 0. The third-order valence-corrected chi connectivity index (χ3v) is 5.65. The highest BCUT2D eigenvalue weighted by Gasteiger charge is 2.33. The Morgan fingerprint density at radius 2 is 2.00 bits per heavy atom. The first kappa shape index (κ1) is 19.2. The molecule has 1 N–H and O–H groups in total. The molecule has 1 aromatic rings. The van der Waals surface area contributed by atoms with Crippen LogP contribution in [0, 0.1) is 17.2 Å². The van der Waals surface area contributed by atoms with Crippen molar-refractivity contribution in [1.29, 1.82) is 5.26 Å². The lowest BCUT2D eigenvalue weighted by atomic mass is 9.82. The molecule has 0 unspecified atom stereocenters. The molecule has 0 bridgehead atoms. The van der Waals surface area contributed by atoms with Crippen LogP contribution in [0.4, 0.5) is 0 Å². The van der Waals surface area contributed by atoms with Crippen LogP contribution in [0.25, 0.3) is 0 Å². The number of aryl methyl sites for hydroxylation is 1. The highest BCUT2D eigenvalue weighted by Crippen LogP contribution is 2.30. The van der Waals surface area contributed by atoms with Gasteiger partial charge in [-0.2, -0.15) is 5.26 Å². The summed E-state index contributed by atoms with van der Waals surface area (Å²) in [6, 6.07) is 12.9. The lowest BCUT2D eigenvalue weighted by Crippen LogP contribution is -2.47. The third kappa shape index (κ3) is 5.47. The Kier molecular flexibility index (Phi) is 7.10. The van der Waals surface area contributed by atoms with E-state index in [9.17, 15) is 4.79 Å². The SMILES string of the molecule is N#CCNC(=O)[C@@H]1CCCC[C@@H]1N1C=CC(CCCc2ccccc2)=CC1. The van der Waals surface area contributed by atoms with E-state index in [1.165, 1.54) is 17.6 Å². The first-order valence-electron chi connectivity index (χ1n) is 10.1. The second kappa shape index (κ2) is 9.97. The molecule has 2 aliphatic rings. The standard InChI is InChI=1S/C23H29N3O/c24-15-16-25-23(27)21-11-4-5-12-22(21)26-17-13-20(14-18-26)10-6-9-19-7-2-1-3-8-19/h1-3,7-8,13-14,17,21-22H,4-6,9-12,16,18H2,(H,25,27)/t21-,22+/m1/s1. The Hall–Kier alpha value is -2.54. The first-order chi connectivity index (χ1) is 13.3. The fourth-order valence-electron chi connectivity index (χ4n) is 4.19. The quantitative estimate of drug-likeness (QED) is 0.746. The van der Waals surface area contributed by atoms with Crippen molar-refractivity contribution in [3.8, 4) is 6.07 Å². The van der Waals surface area contributed by atoms with E-state index in [4.69, 9.17) is 5.26 Å². The van der Waals surface area contributed by atoms with Gasteiger partial charge in [0.1, 0.15) is 6.54 Å². The Bertz CT molecular complexity index is 717. The van der Waals surface area contributed by atoms with E-state index in [1.807, 2.05) is 6.07 Å². The van der Waals surface area contributed by atoms with Gasteiger partial charge in [-0.3, -0.25) is 4.79 Å². The second-order valence-electron chi connectivity index (χ2n) is 7.46. The maximum Gasteiger partial charge on any atom is 0.226 e. The van der Waals surface area contributed by atoms with Crippen LogP contribution in [-0.4, -0.2) is 29.9 Å². The van der Waals surface area contributed by atoms with E-state index in [1.54, 1.807) is 0 Å². The van der Waals surface area contributed by atoms with E-state index < -0.39 is 0 Å². The van der Waals surface area contributed by atoms with E-state index in [2.05, 4.69) is 58.9 Å². The number of nitriles is 1. The van der Waals surface area contributed by atoms with Crippen LogP contribution in [0.5, 0.6) is 0 Å². The molecule has 1 saturated carbocycles. The van der Waals surface area contributed by atoms with Crippen LogP contribution >= 0.6 is 0 Å². The smallest absolute Gasteiger partial charge is 0.226 e. The minimum absolute atomic E-state index is 0.00946. The number of benzene rings is 1. The summed E-state index contributed by atoms with van der Waals surface area (Å²) in [6.07, 6.45) is 14.3. The molecule has 1 heterocycles. The minimum atomic E-state index is -0.00946. The number of rotatable bonds is 7. The third-order valence-electron chi connectivity index (χ3n) is 5.65. The predicted octanol–water partition coefficient (Wildman–Crippen LogP) is 3.96. The van der Waals surface area contributed by atoms with Gasteiger partial charge >= 0.3 is 0 Å². The number of hydrogen-bond donors (Lipinski definition) is 1. The minimum Gasteiger partial charge on any atom is -0.370 e. The molecule has 2 atom stereocenters. The topological polar surface area (TPSA) is 56.1 Å². The number of hydrogen-bond acceptors (Lipinski definition) is 3. The zero-order valence-electron chi connectivity index (χ0n) is 15.9. The van der Waals surface area contributed by atoms with Crippen molar-refractivity contribution in [3.63, 3.8) is 0 Å². The molecule has 1 aromatic carbocycles. The maximum absolute atomic E-state index is 12.4. The summed E-state index contributed by atoms with van der Waals surface area (Å²) in [5.41, 5.74) is 2.79. The van der Waals surface area contributed by atoms with Crippen molar-refractivity contribution in [3.05, 3.63) is 59.8 Å². The van der Waals surface area contributed by atoms with Crippen molar-refractivity contribution < 1.29 is 4.79 Å². The van der Waals surface area contributed by atoms with Crippen LogP contribution in [0.3, 0.4) is 0 Å². The van der Waals surface area contributed by atoms with Crippen LogP contribution in [0.2, 0.25) is 0 Å². The Labute approximate surface area is 162 Å². The molecular formula is C23H29N3O. The van der Waals surface area contributed by atoms with Gasteiger partial charge in [-0.1, -0.05) is 49.2 Å². The van der Waals surface area contributed by atoms with Crippen LogP contribution in [0.1, 0.15) is 44.1 Å². The van der Waals surface area contributed by atoms with Gasteiger partial charge in [-0.25, -0.2) is 0 Å². The first-order valence-corrected chi connectivity index (χ1v) is 10.1. The average molecular weight is 364 g/mol. The number of carbonyl (C=O) groups excluding carboxylic acids is 1. The number of carbonyl (C=O) groups is 1. The summed E-state index contributed by atoms with van der Waals surface area (Å²) in [4.78, 5) is 14.7. The van der Waals surface area contributed by atoms with Crippen LogP contribution in [-0.2, 0) is 11.2 Å². The average Bonchev–Trinajstić information content (AvgIpc) is 2.73. The molecule has 0 spiro atoms. The van der Waals surface area contributed by atoms with Gasteiger partial charge in [-0.15, -0.1) is 0 Å². The molecule has 4 nitrogen and oxygen atoms in total. The summed E-state index contributed by atoms with van der Waals surface area (Å²) in [5, 5.41) is 11.5. The Balaban J connectivity index is 1.50. The highest BCUT2D eigenvalue weighted by atomic mass is 16.1. The van der Waals surface area contributed by atoms with E-state index in [-0.39, 0.29) is 24.4 Å². The normalized spacial score (nSPS) is 22.0. The Morgan fingerprint density at radius 1 is 1.19 bits per heavy atom. The van der Waals surface area contributed by atoms with Crippen molar-refractivity contribution in [2.75, 3.05) is 13.1 Å². The molecule has 27 heavy (non-hydrogen) atoms. The lowest BCUT2D eigenvalue weighted by molar-refractivity contribution is -0.127. The number of allylic oxidation sites excluding steroid dienone is 2. The van der Waals surface area contributed by atoms with E-state index in [0.717, 1.165) is 45.1 Å².